The SMILES string of the molecule is CSSCc1ccc2c(c1)N(C(C)C)CC2. The molecule has 1 aromatic rings. The number of anilines is 1. The van der Waals surface area contributed by atoms with E-state index >= 15 is 0 Å². The van der Waals surface area contributed by atoms with Gasteiger partial charge in [0.1, 0.15) is 0 Å². The minimum absolute atomic E-state index is 0.615. The van der Waals surface area contributed by atoms with Crippen LogP contribution in [0.4, 0.5) is 5.69 Å². The lowest BCUT2D eigenvalue weighted by Crippen LogP contribution is -2.28. The van der Waals surface area contributed by atoms with Crippen LogP contribution in [0.5, 0.6) is 0 Å². The molecule has 0 saturated heterocycles. The van der Waals surface area contributed by atoms with Gasteiger partial charge in [-0.2, -0.15) is 0 Å². The molecule has 0 saturated carbocycles. The summed E-state index contributed by atoms with van der Waals surface area (Å²) in [5.74, 6) is 1.11. The fraction of sp³-hybridized carbons (Fsp3) is 0.538. The third-order valence-corrected chi connectivity index (χ3v) is 4.80. The Morgan fingerprint density at radius 2 is 2.19 bits per heavy atom. The summed E-state index contributed by atoms with van der Waals surface area (Å²) < 4.78 is 0. The van der Waals surface area contributed by atoms with Gasteiger partial charge in [0.15, 0.2) is 0 Å². The summed E-state index contributed by atoms with van der Waals surface area (Å²) in [5, 5.41) is 0. The Hall–Kier alpha value is -0.280. The first-order valence-corrected chi connectivity index (χ1v) is 8.49. The summed E-state index contributed by atoms with van der Waals surface area (Å²) in [6.45, 7) is 5.74. The lowest BCUT2D eigenvalue weighted by atomic mass is 10.1. The van der Waals surface area contributed by atoms with Crippen LogP contribution in [0.1, 0.15) is 25.0 Å². The Bertz CT molecular complexity index is 363. The molecule has 88 valence electrons. The average molecular weight is 253 g/mol. The molecule has 1 aliphatic heterocycles. The highest BCUT2D eigenvalue weighted by atomic mass is 33.1. The zero-order valence-electron chi connectivity index (χ0n) is 10.2. The fourth-order valence-corrected chi connectivity index (χ4v) is 3.40. The second-order valence-corrected chi connectivity index (χ2v) is 6.99. The van der Waals surface area contributed by atoms with Gasteiger partial charge in [-0.1, -0.05) is 33.7 Å². The Labute approximate surface area is 106 Å². The number of nitrogens with zero attached hydrogens (tertiary/aromatic N) is 1. The van der Waals surface area contributed by atoms with Gasteiger partial charge in [0, 0.05) is 24.0 Å². The van der Waals surface area contributed by atoms with Crippen LogP contribution in [0.2, 0.25) is 0 Å². The van der Waals surface area contributed by atoms with Gasteiger partial charge >= 0.3 is 0 Å². The highest BCUT2D eigenvalue weighted by molar-refractivity contribution is 8.76. The zero-order valence-corrected chi connectivity index (χ0v) is 11.8. The van der Waals surface area contributed by atoms with Gasteiger partial charge in [0.25, 0.3) is 0 Å². The van der Waals surface area contributed by atoms with Crippen LogP contribution in [-0.4, -0.2) is 18.8 Å². The summed E-state index contributed by atoms with van der Waals surface area (Å²) >= 11 is 0. The molecule has 0 unspecified atom stereocenters. The van der Waals surface area contributed by atoms with Crippen molar-refractivity contribution in [2.24, 2.45) is 0 Å². The molecule has 1 nitrogen and oxygen atoms in total. The molecule has 0 N–H and O–H groups in total. The molecule has 0 atom stereocenters. The van der Waals surface area contributed by atoms with Crippen molar-refractivity contribution in [1.82, 2.24) is 0 Å². The minimum Gasteiger partial charge on any atom is -0.369 e. The van der Waals surface area contributed by atoms with Crippen molar-refractivity contribution in [3.8, 4) is 0 Å². The normalized spacial score (nSPS) is 14.6. The topological polar surface area (TPSA) is 3.24 Å². The van der Waals surface area contributed by atoms with Gasteiger partial charge in [-0.3, -0.25) is 0 Å². The van der Waals surface area contributed by atoms with E-state index in [-0.39, 0.29) is 0 Å². The molecule has 2 rings (SSSR count). The van der Waals surface area contributed by atoms with Crippen LogP contribution < -0.4 is 4.90 Å². The molecule has 0 bridgehead atoms. The maximum Gasteiger partial charge on any atom is 0.0404 e. The van der Waals surface area contributed by atoms with E-state index < -0.39 is 0 Å². The van der Waals surface area contributed by atoms with Gasteiger partial charge < -0.3 is 4.90 Å². The van der Waals surface area contributed by atoms with E-state index in [1.54, 1.807) is 0 Å². The van der Waals surface area contributed by atoms with Crippen molar-refractivity contribution in [3.63, 3.8) is 0 Å². The largest absolute Gasteiger partial charge is 0.369 e. The van der Waals surface area contributed by atoms with Gasteiger partial charge in [-0.25, -0.2) is 0 Å². The van der Waals surface area contributed by atoms with Gasteiger partial charge in [-0.05, 0) is 43.7 Å². The molecule has 1 heterocycles. The number of rotatable bonds is 4. The van der Waals surface area contributed by atoms with Gasteiger partial charge in [0.2, 0.25) is 0 Å². The predicted octanol–water partition coefficient (Wildman–Crippen LogP) is 3.97. The third-order valence-electron chi connectivity index (χ3n) is 3.05. The highest BCUT2D eigenvalue weighted by Gasteiger charge is 2.21. The van der Waals surface area contributed by atoms with Crippen molar-refractivity contribution < 1.29 is 0 Å². The highest BCUT2D eigenvalue weighted by Crippen LogP contribution is 2.32. The fourth-order valence-electron chi connectivity index (χ4n) is 2.20. The summed E-state index contributed by atoms with van der Waals surface area (Å²) in [5.41, 5.74) is 4.44. The van der Waals surface area contributed by atoms with E-state index in [1.165, 1.54) is 29.8 Å². The number of hydrogen-bond donors (Lipinski definition) is 0. The molecule has 0 aliphatic carbocycles. The molecule has 0 radical (unpaired) electrons. The molecule has 0 amide bonds. The van der Waals surface area contributed by atoms with Crippen LogP contribution in [0.15, 0.2) is 18.2 Å². The molecular weight excluding hydrogens is 234 g/mol. The van der Waals surface area contributed by atoms with Crippen LogP contribution >= 0.6 is 21.6 Å². The lowest BCUT2D eigenvalue weighted by Gasteiger charge is -2.24. The van der Waals surface area contributed by atoms with Crippen LogP contribution in [0.3, 0.4) is 0 Å². The first-order valence-electron chi connectivity index (χ1n) is 5.76. The van der Waals surface area contributed by atoms with Crippen molar-refractivity contribution in [1.29, 1.82) is 0 Å². The third kappa shape index (κ3) is 2.51. The van der Waals surface area contributed by atoms with Crippen molar-refractivity contribution in [2.45, 2.75) is 32.1 Å². The number of fused-ring (bicyclic) bond motifs is 1. The first kappa shape index (κ1) is 12.2. The summed E-state index contributed by atoms with van der Waals surface area (Å²) in [7, 11) is 3.75. The van der Waals surface area contributed by atoms with Crippen LogP contribution in [0, 0.1) is 0 Å². The summed E-state index contributed by atoms with van der Waals surface area (Å²) in [6, 6.07) is 7.59. The standard InChI is InChI=1S/C13H19NS2/c1-10(2)14-7-6-12-5-4-11(8-13(12)14)9-16-15-3/h4-5,8,10H,6-7,9H2,1-3H3. The van der Waals surface area contributed by atoms with Gasteiger partial charge in [0.05, 0.1) is 0 Å². The van der Waals surface area contributed by atoms with Gasteiger partial charge in [-0.15, -0.1) is 0 Å². The molecule has 0 aromatic heterocycles. The molecule has 0 fully saturated rings. The van der Waals surface area contributed by atoms with Crippen LogP contribution in [-0.2, 0) is 12.2 Å². The molecule has 1 aromatic carbocycles. The molecule has 0 spiro atoms. The van der Waals surface area contributed by atoms with E-state index in [2.05, 4.69) is 43.2 Å². The van der Waals surface area contributed by atoms with Crippen LogP contribution in [0.25, 0.3) is 0 Å². The van der Waals surface area contributed by atoms with E-state index in [0.717, 1.165) is 5.75 Å². The van der Waals surface area contributed by atoms with E-state index in [9.17, 15) is 0 Å². The van der Waals surface area contributed by atoms with Crippen molar-refractivity contribution >= 4 is 27.3 Å². The maximum atomic E-state index is 2.52. The lowest BCUT2D eigenvalue weighted by molar-refractivity contribution is 0.710. The molecular formula is C13H19NS2. The molecule has 1 aliphatic rings. The predicted molar refractivity (Wildman–Crippen MR) is 77.4 cm³/mol. The molecule has 16 heavy (non-hydrogen) atoms. The Balaban J connectivity index is 2.20. The second kappa shape index (κ2) is 5.37. The first-order chi connectivity index (χ1) is 7.72. The Kier molecular flexibility index (Phi) is 4.09. The number of benzene rings is 1. The summed E-state index contributed by atoms with van der Waals surface area (Å²) in [6.07, 6.45) is 3.35. The zero-order chi connectivity index (χ0) is 11.5. The van der Waals surface area contributed by atoms with Crippen molar-refractivity contribution in [3.05, 3.63) is 29.3 Å². The summed E-state index contributed by atoms with van der Waals surface area (Å²) in [4.78, 5) is 2.52. The Morgan fingerprint density at radius 3 is 2.88 bits per heavy atom. The Morgan fingerprint density at radius 1 is 1.38 bits per heavy atom. The van der Waals surface area contributed by atoms with E-state index in [4.69, 9.17) is 0 Å². The minimum atomic E-state index is 0.615. The maximum absolute atomic E-state index is 2.52. The van der Waals surface area contributed by atoms with E-state index in [1.807, 2.05) is 21.6 Å². The van der Waals surface area contributed by atoms with Crippen molar-refractivity contribution in [2.75, 3.05) is 17.7 Å². The average Bonchev–Trinajstić information content (AvgIpc) is 2.69. The quantitative estimate of drug-likeness (QED) is 0.748. The number of hydrogen-bond acceptors (Lipinski definition) is 3. The monoisotopic (exact) mass is 253 g/mol. The molecule has 3 heteroatoms. The van der Waals surface area contributed by atoms with E-state index in [0.29, 0.717) is 6.04 Å². The smallest absolute Gasteiger partial charge is 0.0404 e. The second-order valence-electron chi connectivity index (χ2n) is 4.43.